The molecule has 1 N–H and O–H groups in total. The van der Waals surface area contributed by atoms with Gasteiger partial charge in [-0.2, -0.15) is 0 Å². The van der Waals surface area contributed by atoms with E-state index in [0.29, 0.717) is 6.42 Å². The predicted octanol–water partition coefficient (Wildman–Crippen LogP) is 4.65. The molecule has 0 aliphatic heterocycles. The zero-order valence-corrected chi connectivity index (χ0v) is 22.7. The number of rotatable bonds is 9. The number of hydrogen-bond acceptors (Lipinski definition) is 7. The highest BCUT2D eigenvalue weighted by Gasteiger charge is 2.44. The lowest BCUT2D eigenvalue weighted by Crippen LogP contribution is -2.49. The third-order valence-electron chi connectivity index (χ3n) is 6.60. The number of carbonyl (C=O) groups excluding carboxylic acids is 1. The summed E-state index contributed by atoms with van der Waals surface area (Å²) in [6, 6.07) is -0.397. The minimum atomic E-state index is -3.65. The fourth-order valence-electron chi connectivity index (χ4n) is 3.72. The van der Waals surface area contributed by atoms with Crippen LogP contribution in [-0.2, 0) is 19.1 Å². The summed E-state index contributed by atoms with van der Waals surface area (Å²) in [5.74, 6) is 0.405. The lowest BCUT2D eigenvalue weighted by Gasteiger charge is -2.41. The number of nitrogens with one attached hydrogen (secondary N) is 1. The predicted molar refractivity (Wildman–Crippen MR) is 126 cm³/mol. The first-order chi connectivity index (χ1) is 14.6. The van der Waals surface area contributed by atoms with Crippen molar-refractivity contribution in [2.75, 3.05) is 6.26 Å². The molecule has 10 heteroatoms. The maximum Gasteiger partial charge on any atom is 0.335 e. The van der Waals surface area contributed by atoms with E-state index in [9.17, 15) is 13.2 Å². The lowest BCUT2D eigenvalue weighted by atomic mass is 9.88. The van der Waals surface area contributed by atoms with Gasteiger partial charge in [0, 0.05) is 12.2 Å². The van der Waals surface area contributed by atoms with Crippen LogP contribution in [-0.4, -0.2) is 45.1 Å². The second-order valence-electron chi connectivity index (χ2n) is 11.1. The van der Waals surface area contributed by atoms with Crippen molar-refractivity contribution in [2.24, 2.45) is 11.8 Å². The van der Waals surface area contributed by atoms with Gasteiger partial charge in [0.1, 0.15) is 6.10 Å². The van der Waals surface area contributed by atoms with Crippen molar-refractivity contribution in [3.8, 4) is 0 Å². The van der Waals surface area contributed by atoms with Crippen LogP contribution in [0.15, 0.2) is 9.64 Å². The molecule has 1 aromatic rings. The first kappa shape index (κ1) is 27.0. The van der Waals surface area contributed by atoms with Crippen molar-refractivity contribution >= 4 is 24.1 Å². The first-order valence-corrected chi connectivity index (χ1v) is 16.4. The van der Waals surface area contributed by atoms with E-state index < -0.39 is 35.5 Å². The van der Waals surface area contributed by atoms with Crippen LogP contribution in [0, 0.1) is 11.8 Å². The summed E-state index contributed by atoms with van der Waals surface area (Å²) in [6.07, 6.45) is 6.07. The summed E-state index contributed by atoms with van der Waals surface area (Å²) in [5.41, 5.74) is 0. The quantitative estimate of drug-likeness (QED) is 0.505. The Hall–Kier alpha value is -1.26. The summed E-state index contributed by atoms with van der Waals surface area (Å²) in [5, 5.41) is 10.5. The second-order valence-corrected chi connectivity index (χ2v) is 17.7. The molecule has 1 heterocycles. The van der Waals surface area contributed by atoms with Gasteiger partial charge in [-0.05, 0) is 43.3 Å². The summed E-state index contributed by atoms with van der Waals surface area (Å²) in [4.78, 5) is 13.1. The summed E-state index contributed by atoms with van der Waals surface area (Å²) in [7, 11) is -5.97. The molecule has 0 bridgehead atoms. The maximum atomic E-state index is 13.1. The Bertz CT molecular complexity index is 870. The number of carbonyl (C=O) groups is 1. The van der Waals surface area contributed by atoms with Crippen molar-refractivity contribution in [1.82, 2.24) is 15.5 Å². The molecule has 0 radical (unpaired) electrons. The molecule has 1 saturated carbocycles. The van der Waals surface area contributed by atoms with Gasteiger partial charge in [0.2, 0.25) is 21.6 Å². The van der Waals surface area contributed by atoms with Crippen LogP contribution in [0.1, 0.15) is 85.1 Å². The molecular weight excluding hydrogens is 446 g/mol. The van der Waals surface area contributed by atoms with Crippen molar-refractivity contribution in [3.63, 3.8) is 0 Å². The molecule has 8 nitrogen and oxygen atoms in total. The van der Waals surface area contributed by atoms with E-state index in [1.807, 2.05) is 0 Å². The van der Waals surface area contributed by atoms with Gasteiger partial charge in [-0.1, -0.05) is 59.0 Å². The third-order valence-corrected chi connectivity index (χ3v) is 11.9. The van der Waals surface area contributed by atoms with Crippen molar-refractivity contribution in [3.05, 3.63) is 5.89 Å². The number of nitrogens with zero attached hydrogens (tertiary/aromatic N) is 2. The molecule has 32 heavy (non-hydrogen) atoms. The van der Waals surface area contributed by atoms with E-state index in [4.69, 9.17) is 8.84 Å². The number of amides is 1. The minimum absolute atomic E-state index is 0.00111. The van der Waals surface area contributed by atoms with Crippen molar-refractivity contribution < 1.29 is 22.1 Å². The molecule has 2 atom stereocenters. The average molecular weight is 488 g/mol. The van der Waals surface area contributed by atoms with Crippen LogP contribution in [0.4, 0.5) is 0 Å². The van der Waals surface area contributed by atoms with E-state index in [-0.39, 0.29) is 28.7 Å². The number of sulfone groups is 1. The Kier molecular flexibility index (Phi) is 8.72. The van der Waals surface area contributed by atoms with Gasteiger partial charge in [0.25, 0.3) is 0 Å². The lowest BCUT2D eigenvalue weighted by molar-refractivity contribution is -0.127. The highest BCUT2D eigenvalue weighted by Crippen LogP contribution is 2.41. The smallest absolute Gasteiger partial charge is 0.335 e. The summed E-state index contributed by atoms with van der Waals surface area (Å²) >= 11 is 0. The second kappa shape index (κ2) is 10.3. The van der Waals surface area contributed by atoms with E-state index in [2.05, 4.69) is 63.2 Å². The van der Waals surface area contributed by atoms with E-state index in [1.54, 1.807) is 0 Å². The highest BCUT2D eigenvalue weighted by molar-refractivity contribution is 7.90. The fraction of sp³-hybridized carbons (Fsp3) is 0.864. The molecule has 1 aliphatic rings. The molecule has 1 aromatic heterocycles. The zero-order chi connectivity index (χ0) is 24.3. The normalized spacial score (nSPS) is 18.5. The van der Waals surface area contributed by atoms with E-state index in [1.165, 1.54) is 6.42 Å². The minimum Gasteiger partial charge on any atom is -0.410 e. The Labute approximate surface area is 194 Å². The van der Waals surface area contributed by atoms with Gasteiger partial charge in [0.05, 0.1) is 6.04 Å². The molecule has 184 valence electrons. The van der Waals surface area contributed by atoms with E-state index in [0.717, 1.165) is 31.9 Å². The van der Waals surface area contributed by atoms with Crippen LogP contribution in [0.3, 0.4) is 0 Å². The zero-order valence-electron chi connectivity index (χ0n) is 20.9. The standard InChI is InChI=1S/C22H41N3O5SSi/c1-15(2)14-17(23-19(26)16-12-10-9-11-13-16)18(30-32(7,8)22(3,4)5)20-24-25-21(29-20)31(6,27)28/h15-18H,9-14H2,1-8H3,(H,23,26)/t17-,18?/m0/s1. The van der Waals surface area contributed by atoms with Crippen LogP contribution >= 0.6 is 0 Å². The first-order valence-electron chi connectivity index (χ1n) is 11.6. The van der Waals surface area contributed by atoms with Gasteiger partial charge in [-0.15, -0.1) is 5.10 Å². The summed E-state index contributed by atoms with van der Waals surface area (Å²) in [6.45, 7) is 14.8. The topological polar surface area (TPSA) is 111 Å². The van der Waals surface area contributed by atoms with Crippen molar-refractivity contribution in [1.29, 1.82) is 0 Å². The molecule has 0 spiro atoms. The monoisotopic (exact) mass is 487 g/mol. The van der Waals surface area contributed by atoms with Crippen LogP contribution in [0.2, 0.25) is 18.1 Å². The van der Waals surface area contributed by atoms with Gasteiger partial charge >= 0.3 is 5.22 Å². The van der Waals surface area contributed by atoms with Gasteiger partial charge in [0.15, 0.2) is 8.32 Å². The van der Waals surface area contributed by atoms with Gasteiger partial charge < -0.3 is 14.2 Å². The molecular formula is C22H41N3O5SSi. The Morgan fingerprint density at radius 1 is 1.19 bits per heavy atom. The molecule has 0 saturated heterocycles. The highest BCUT2D eigenvalue weighted by atomic mass is 32.2. The fourth-order valence-corrected chi connectivity index (χ4v) is 5.39. The van der Waals surface area contributed by atoms with E-state index >= 15 is 0 Å². The van der Waals surface area contributed by atoms with Crippen LogP contribution in [0.25, 0.3) is 0 Å². The average Bonchev–Trinajstić information content (AvgIpc) is 3.15. The SMILES string of the molecule is CC(C)C[C@H](NC(=O)C1CCCCC1)C(O[Si](C)(C)C(C)(C)C)c1nnc(S(C)(=O)=O)o1. The van der Waals surface area contributed by atoms with Gasteiger partial charge in [-0.25, -0.2) is 8.42 Å². The molecule has 1 aliphatic carbocycles. The Morgan fingerprint density at radius 3 is 2.25 bits per heavy atom. The van der Waals surface area contributed by atoms with Gasteiger partial charge in [-0.3, -0.25) is 4.79 Å². The third kappa shape index (κ3) is 7.12. The largest absolute Gasteiger partial charge is 0.410 e. The number of hydrogen-bond donors (Lipinski definition) is 1. The Morgan fingerprint density at radius 2 is 1.78 bits per heavy atom. The van der Waals surface area contributed by atoms with Crippen LogP contribution in [0.5, 0.6) is 0 Å². The molecule has 2 rings (SSSR count). The molecule has 1 fully saturated rings. The summed E-state index contributed by atoms with van der Waals surface area (Å²) < 4.78 is 36.2. The number of aromatic nitrogens is 2. The molecule has 0 aromatic carbocycles. The van der Waals surface area contributed by atoms with Crippen LogP contribution < -0.4 is 5.32 Å². The Balaban J connectivity index is 2.43. The molecule has 1 unspecified atom stereocenters. The van der Waals surface area contributed by atoms with Crippen molar-refractivity contribution in [2.45, 2.75) is 109 Å². The maximum absolute atomic E-state index is 13.1. The molecule has 1 amide bonds.